The van der Waals surface area contributed by atoms with Crippen molar-refractivity contribution >= 4 is 69.5 Å². The van der Waals surface area contributed by atoms with Crippen molar-refractivity contribution in [3.05, 3.63) is 80.7 Å². The van der Waals surface area contributed by atoms with Crippen LogP contribution in [-0.2, 0) is 16.0 Å². The van der Waals surface area contributed by atoms with Crippen LogP contribution >= 0.6 is 47.2 Å². The molecule has 0 spiro atoms. The highest BCUT2D eigenvalue weighted by Crippen LogP contribution is 2.38. The summed E-state index contributed by atoms with van der Waals surface area (Å²) >= 11 is 19.4. The van der Waals surface area contributed by atoms with Crippen LogP contribution in [-0.4, -0.2) is 78.6 Å². The number of aliphatic carboxylic acids is 1. The Morgan fingerprint density at radius 3 is 2.48 bits per heavy atom. The summed E-state index contributed by atoms with van der Waals surface area (Å²) in [6, 6.07) is 16.1. The molecule has 0 aliphatic carbocycles. The number of thiocarbonyl (C=S) groups is 1. The Labute approximate surface area is 276 Å². The van der Waals surface area contributed by atoms with Crippen molar-refractivity contribution in [2.45, 2.75) is 12.8 Å². The second-order valence-electron chi connectivity index (χ2n) is 10.1. The van der Waals surface area contributed by atoms with E-state index in [0.29, 0.717) is 61.7 Å². The Bertz CT molecular complexity index is 1580. The fraction of sp³-hybridized carbons (Fsp3) is 0.281. The van der Waals surface area contributed by atoms with Crippen molar-refractivity contribution in [2.24, 2.45) is 0 Å². The zero-order chi connectivity index (χ0) is 31.8. The third-order valence-corrected chi connectivity index (χ3v) is 8.50. The summed E-state index contributed by atoms with van der Waals surface area (Å²) in [5, 5.41) is 10.2. The number of methoxy groups -OCH3 is 1. The lowest BCUT2D eigenvalue weighted by molar-refractivity contribution is -0.136. The van der Waals surface area contributed by atoms with Crippen molar-refractivity contribution in [3.8, 4) is 28.4 Å². The van der Waals surface area contributed by atoms with Gasteiger partial charge in [0.2, 0.25) is 0 Å². The third kappa shape index (κ3) is 8.89. The number of thioether (sulfide) groups is 1. The van der Waals surface area contributed by atoms with Gasteiger partial charge >= 0.3 is 5.97 Å². The Morgan fingerprint density at radius 2 is 1.77 bits per heavy atom. The average molecular weight is 676 g/mol. The highest BCUT2D eigenvalue weighted by atomic mass is 35.5. The number of carboxylic acids is 1. The van der Waals surface area contributed by atoms with Gasteiger partial charge in [-0.2, -0.15) is 0 Å². The number of halogens is 2. The number of carbonyl (C=O) groups excluding carboxylic acids is 1. The first kappa shape index (κ1) is 33.6. The van der Waals surface area contributed by atoms with Crippen LogP contribution in [0.1, 0.15) is 17.5 Å². The lowest BCUT2D eigenvalue weighted by Crippen LogP contribution is -2.30. The largest absolute Gasteiger partial charge is 0.493 e. The number of amides is 1. The van der Waals surface area contributed by atoms with E-state index in [2.05, 4.69) is 0 Å². The van der Waals surface area contributed by atoms with Crippen molar-refractivity contribution in [1.82, 2.24) is 9.80 Å². The summed E-state index contributed by atoms with van der Waals surface area (Å²) in [4.78, 5) is 28.6. The molecular weight excluding hydrogens is 643 g/mol. The first-order valence-corrected chi connectivity index (χ1v) is 15.7. The van der Waals surface area contributed by atoms with Gasteiger partial charge in [-0.1, -0.05) is 65.4 Å². The molecule has 44 heavy (non-hydrogen) atoms. The molecule has 1 saturated heterocycles. The number of likely N-dealkylation sites (N-methyl/N-ethyl adjacent to an activating group) is 1. The monoisotopic (exact) mass is 674 g/mol. The van der Waals surface area contributed by atoms with Gasteiger partial charge in [0.1, 0.15) is 16.7 Å². The minimum Gasteiger partial charge on any atom is -0.493 e. The molecule has 0 aromatic heterocycles. The Balaban J connectivity index is 1.49. The summed E-state index contributed by atoms with van der Waals surface area (Å²) in [6.45, 7) is 1.83. The van der Waals surface area contributed by atoms with Crippen LogP contribution in [0.15, 0.2) is 59.5 Å². The molecule has 0 unspecified atom stereocenters. The van der Waals surface area contributed by atoms with Gasteiger partial charge in [-0.05, 0) is 74.1 Å². The second-order valence-corrected chi connectivity index (χ2v) is 12.6. The zero-order valence-electron chi connectivity index (χ0n) is 24.5. The Hall–Kier alpha value is -3.28. The van der Waals surface area contributed by atoms with E-state index >= 15 is 0 Å². The molecule has 1 aliphatic heterocycles. The van der Waals surface area contributed by atoms with Gasteiger partial charge in [0, 0.05) is 34.3 Å². The van der Waals surface area contributed by atoms with Crippen LogP contribution in [0.3, 0.4) is 0 Å². The van der Waals surface area contributed by atoms with Gasteiger partial charge in [0.05, 0.1) is 25.0 Å². The number of hydrogen-bond donors (Lipinski definition) is 1. The fourth-order valence-electron chi connectivity index (χ4n) is 4.38. The maximum absolute atomic E-state index is 13.4. The number of benzene rings is 3. The van der Waals surface area contributed by atoms with Crippen LogP contribution in [0.5, 0.6) is 17.2 Å². The van der Waals surface area contributed by atoms with E-state index in [1.165, 1.54) is 18.9 Å². The number of ether oxygens (including phenoxy) is 3. The molecule has 4 rings (SSSR count). The van der Waals surface area contributed by atoms with Crippen LogP contribution < -0.4 is 14.2 Å². The zero-order valence-corrected chi connectivity index (χ0v) is 27.6. The minimum atomic E-state index is -0.934. The molecular formula is C32H32Cl2N2O6S2. The molecule has 232 valence electrons. The van der Waals surface area contributed by atoms with Crippen LogP contribution in [0.2, 0.25) is 10.0 Å². The maximum Gasteiger partial charge on any atom is 0.307 e. The molecule has 8 nitrogen and oxygen atoms in total. The van der Waals surface area contributed by atoms with Crippen LogP contribution in [0.25, 0.3) is 17.2 Å². The van der Waals surface area contributed by atoms with E-state index < -0.39 is 5.97 Å². The van der Waals surface area contributed by atoms with Crippen molar-refractivity contribution < 1.29 is 28.9 Å². The Morgan fingerprint density at radius 1 is 1.02 bits per heavy atom. The first-order valence-electron chi connectivity index (χ1n) is 13.7. The lowest BCUT2D eigenvalue weighted by atomic mass is 10.0. The van der Waals surface area contributed by atoms with Gasteiger partial charge in [0.15, 0.2) is 11.5 Å². The van der Waals surface area contributed by atoms with E-state index in [-0.39, 0.29) is 18.9 Å². The minimum absolute atomic E-state index is 0.124. The molecule has 1 fully saturated rings. The number of carboxylic acid groups (broad SMARTS) is 1. The molecule has 0 saturated carbocycles. The van der Waals surface area contributed by atoms with Gasteiger partial charge in [0.25, 0.3) is 5.91 Å². The highest BCUT2D eigenvalue weighted by molar-refractivity contribution is 8.26. The average Bonchev–Trinajstić information content (AvgIpc) is 3.23. The van der Waals surface area contributed by atoms with E-state index in [4.69, 9.17) is 54.7 Å². The van der Waals surface area contributed by atoms with E-state index in [1.54, 1.807) is 41.3 Å². The quantitative estimate of drug-likeness (QED) is 0.111. The number of rotatable bonds is 14. The van der Waals surface area contributed by atoms with Crippen molar-refractivity contribution in [3.63, 3.8) is 0 Å². The van der Waals surface area contributed by atoms with Gasteiger partial charge in [-0.25, -0.2) is 0 Å². The molecule has 0 atom stereocenters. The van der Waals surface area contributed by atoms with E-state index in [1.807, 2.05) is 43.3 Å². The first-order chi connectivity index (χ1) is 21.0. The van der Waals surface area contributed by atoms with Gasteiger partial charge in [-0.3, -0.25) is 14.5 Å². The molecule has 3 aromatic rings. The molecule has 1 heterocycles. The SMILES string of the molecule is COc1ccc(CC(=O)O)cc1OCCCN1C(=O)/C(=C/c2cc(-c3ccc(Cl)cc3Cl)ccc2OCCN(C)C)SC1=S. The maximum atomic E-state index is 13.4. The smallest absolute Gasteiger partial charge is 0.307 e. The summed E-state index contributed by atoms with van der Waals surface area (Å²) in [5.74, 6) is 0.447. The summed E-state index contributed by atoms with van der Waals surface area (Å²) in [5.41, 5.74) is 2.99. The van der Waals surface area contributed by atoms with Gasteiger partial charge < -0.3 is 24.2 Å². The molecule has 1 aliphatic rings. The van der Waals surface area contributed by atoms with E-state index in [0.717, 1.165) is 23.2 Å². The van der Waals surface area contributed by atoms with Gasteiger partial charge in [-0.15, -0.1) is 0 Å². The summed E-state index contributed by atoms with van der Waals surface area (Å²) in [7, 11) is 5.46. The molecule has 0 radical (unpaired) electrons. The van der Waals surface area contributed by atoms with Crippen LogP contribution in [0.4, 0.5) is 0 Å². The number of hydrogen-bond acceptors (Lipinski definition) is 8. The van der Waals surface area contributed by atoms with Crippen LogP contribution in [0, 0.1) is 0 Å². The lowest BCUT2D eigenvalue weighted by Gasteiger charge is -2.16. The predicted molar refractivity (Wildman–Crippen MR) is 180 cm³/mol. The summed E-state index contributed by atoms with van der Waals surface area (Å²) in [6.07, 6.45) is 2.17. The summed E-state index contributed by atoms with van der Waals surface area (Å²) < 4.78 is 17.8. The number of nitrogens with zero attached hydrogens (tertiary/aromatic N) is 2. The fourth-order valence-corrected chi connectivity index (χ4v) is 6.20. The molecule has 3 aromatic carbocycles. The highest BCUT2D eigenvalue weighted by Gasteiger charge is 2.32. The molecule has 1 N–H and O–H groups in total. The third-order valence-electron chi connectivity index (χ3n) is 6.58. The standard InChI is InChI=1S/C32H32Cl2N2O6S2/c1-35(2)12-14-42-26-10-6-21(24-8-7-23(33)19-25(24)34)17-22(26)18-29-31(39)36(32(43)44-29)11-4-13-41-28-15-20(16-30(37)38)5-9-27(28)40-3/h5-10,15,17-19H,4,11-14,16H2,1-3H3,(H,37,38)/b29-18-. The molecule has 0 bridgehead atoms. The van der Waals surface area contributed by atoms with Crippen molar-refractivity contribution in [1.29, 1.82) is 0 Å². The molecule has 12 heteroatoms. The predicted octanol–water partition coefficient (Wildman–Crippen LogP) is 6.91. The van der Waals surface area contributed by atoms with E-state index in [9.17, 15) is 9.59 Å². The Kier molecular flexibility index (Phi) is 11.9. The molecule has 1 amide bonds. The topological polar surface area (TPSA) is 88.5 Å². The van der Waals surface area contributed by atoms with Crippen molar-refractivity contribution in [2.75, 3.05) is 47.5 Å². The second kappa shape index (κ2) is 15.6. The number of carbonyl (C=O) groups is 2. The normalized spacial score (nSPS) is 14.0.